The van der Waals surface area contributed by atoms with Crippen molar-refractivity contribution in [3.8, 4) is 0 Å². The van der Waals surface area contributed by atoms with Gasteiger partial charge in [-0.3, -0.25) is 4.79 Å². The summed E-state index contributed by atoms with van der Waals surface area (Å²) in [5.74, 6) is 0.0197. The Labute approximate surface area is 79.8 Å². The van der Waals surface area contributed by atoms with E-state index in [1.807, 2.05) is 6.92 Å². The van der Waals surface area contributed by atoms with Crippen molar-refractivity contribution in [1.82, 2.24) is 5.32 Å². The molecule has 3 nitrogen and oxygen atoms in total. The third-order valence-electron chi connectivity index (χ3n) is 2.59. The highest BCUT2D eigenvalue weighted by molar-refractivity contribution is 5.78. The van der Waals surface area contributed by atoms with Crippen molar-refractivity contribution in [1.29, 1.82) is 0 Å². The summed E-state index contributed by atoms with van der Waals surface area (Å²) < 4.78 is 5.04. The lowest BCUT2D eigenvalue weighted by Gasteiger charge is -2.25. The maximum Gasteiger partial charge on any atom is 0.246 e. The Kier molecular flexibility index (Phi) is 3.72. The molecule has 1 N–H and O–H groups in total. The molecule has 0 aromatic rings. The molecule has 1 aliphatic carbocycles. The molecule has 1 rings (SSSR count). The van der Waals surface area contributed by atoms with Crippen LogP contribution in [0.15, 0.2) is 0 Å². The lowest BCUT2D eigenvalue weighted by molar-refractivity contribution is -0.127. The summed E-state index contributed by atoms with van der Waals surface area (Å²) in [6.45, 7) is 4.81. The molecular weight excluding hydrogens is 166 g/mol. The highest BCUT2D eigenvalue weighted by Gasteiger charge is 2.29. The van der Waals surface area contributed by atoms with Crippen LogP contribution >= 0.6 is 0 Å². The average molecular weight is 185 g/mol. The molecule has 0 spiro atoms. The summed E-state index contributed by atoms with van der Waals surface area (Å²) >= 11 is 0. The van der Waals surface area contributed by atoms with E-state index in [2.05, 4.69) is 12.2 Å². The second-order valence-electron chi connectivity index (χ2n) is 3.95. The Bertz CT molecular complexity index is 174. The van der Waals surface area contributed by atoms with E-state index in [1.165, 1.54) is 12.8 Å². The van der Waals surface area contributed by atoms with Crippen molar-refractivity contribution in [2.75, 3.05) is 13.2 Å². The van der Waals surface area contributed by atoms with E-state index in [9.17, 15) is 4.79 Å². The number of carbonyl (C=O) groups is 1. The van der Waals surface area contributed by atoms with Crippen molar-refractivity contribution in [2.45, 2.75) is 45.1 Å². The van der Waals surface area contributed by atoms with Crippen LogP contribution in [0, 0.1) is 0 Å². The third kappa shape index (κ3) is 3.35. The fraction of sp³-hybridized carbons (Fsp3) is 0.900. The van der Waals surface area contributed by atoms with Gasteiger partial charge in [-0.15, -0.1) is 0 Å². The van der Waals surface area contributed by atoms with E-state index in [-0.39, 0.29) is 18.1 Å². The number of hydrogen-bond donors (Lipinski definition) is 1. The molecule has 0 bridgehead atoms. The predicted molar refractivity (Wildman–Crippen MR) is 51.5 cm³/mol. The quantitative estimate of drug-likeness (QED) is 0.720. The van der Waals surface area contributed by atoms with Gasteiger partial charge in [-0.05, 0) is 26.7 Å². The zero-order valence-corrected chi connectivity index (χ0v) is 8.56. The van der Waals surface area contributed by atoms with Crippen LogP contribution in [0.3, 0.4) is 0 Å². The van der Waals surface area contributed by atoms with Crippen LogP contribution in [-0.2, 0) is 9.53 Å². The van der Waals surface area contributed by atoms with Crippen LogP contribution in [0.1, 0.15) is 39.5 Å². The Morgan fingerprint density at radius 3 is 2.62 bits per heavy atom. The number of amides is 1. The minimum absolute atomic E-state index is 0.0197. The van der Waals surface area contributed by atoms with Gasteiger partial charge in [0.25, 0.3) is 0 Å². The Balaban J connectivity index is 2.26. The first-order valence-corrected chi connectivity index (χ1v) is 5.05. The number of carbonyl (C=O) groups excluding carboxylic acids is 1. The molecular formula is C10H19NO2. The van der Waals surface area contributed by atoms with Gasteiger partial charge < -0.3 is 10.1 Å². The molecule has 0 aromatic heterocycles. The van der Waals surface area contributed by atoms with E-state index < -0.39 is 0 Å². The van der Waals surface area contributed by atoms with Crippen molar-refractivity contribution >= 4 is 5.91 Å². The SMILES string of the molecule is CCOCC(=O)NC1(C)CCCC1. The largest absolute Gasteiger partial charge is 0.372 e. The summed E-state index contributed by atoms with van der Waals surface area (Å²) in [7, 11) is 0. The van der Waals surface area contributed by atoms with Crippen molar-refractivity contribution in [2.24, 2.45) is 0 Å². The molecule has 3 heteroatoms. The molecule has 0 unspecified atom stereocenters. The summed E-state index contributed by atoms with van der Waals surface area (Å²) in [5, 5.41) is 3.03. The zero-order valence-electron chi connectivity index (χ0n) is 8.56. The molecule has 1 amide bonds. The molecule has 0 aliphatic heterocycles. The minimum atomic E-state index is 0.0197. The Morgan fingerprint density at radius 1 is 1.46 bits per heavy atom. The van der Waals surface area contributed by atoms with Crippen LogP contribution in [0.2, 0.25) is 0 Å². The minimum Gasteiger partial charge on any atom is -0.372 e. The number of rotatable bonds is 4. The van der Waals surface area contributed by atoms with Crippen LogP contribution in [-0.4, -0.2) is 24.7 Å². The predicted octanol–water partition coefficient (Wildman–Crippen LogP) is 1.47. The van der Waals surface area contributed by atoms with Crippen molar-refractivity contribution < 1.29 is 9.53 Å². The van der Waals surface area contributed by atoms with E-state index in [1.54, 1.807) is 0 Å². The topological polar surface area (TPSA) is 38.3 Å². The van der Waals surface area contributed by atoms with E-state index >= 15 is 0 Å². The van der Waals surface area contributed by atoms with Crippen molar-refractivity contribution in [3.63, 3.8) is 0 Å². The first-order valence-electron chi connectivity index (χ1n) is 5.05. The lowest BCUT2D eigenvalue weighted by Crippen LogP contribution is -2.45. The second kappa shape index (κ2) is 4.61. The molecule has 0 atom stereocenters. The van der Waals surface area contributed by atoms with Gasteiger partial charge in [0.05, 0.1) is 0 Å². The summed E-state index contributed by atoms with van der Waals surface area (Å²) in [5.41, 5.74) is 0.0359. The van der Waals surface area contributed by atoms with Gasteiger partial charge in [0, 0.05) is 12.1 Å². The monoisotopic (exact) mass is 185 g/mol. The van der Waals surface area contributed by atoms with Gasteiger partial charge in [-0.25, -0.2) is 0 Å². The molecule has 0 saturated heterocycles. The molecule has 1 saturated carbocycles. The number of nitrogens with one attached hydrogen (secondary N) is 1. The first-order chi connectivity index (χ1) is 6.16. The normalized spacial score (nSPS) is 20.2. The molecule has 0 radical (unpaired) electrons. The molecule has 0 aromatic carbocycles. The van der Waals surface area contributed by atoms with Crippen LogP contribution in [0.5, 0.6) is 0 Å². The van der Waals surface area contributed by atoms with E-state index in [0.29, 0.717) is 6.61 Å². The smallest absolute Gasteiger partial charge is 0.246 e. The maximum absolute atomic E-state index is 11.3. The van der Waals surface area contributed by atoms with Gasteiger partial charge in [0.15, 0.2) is 0 Å². The summed E-state index contributed by atoms with van der Waals surface area (Å²) in [4.78, 5) is 11.3. The van der Waals surface area contributed by atoms with Crippen LogP contribution < -0.4 is 5.32 Å². The summed E-state index contributed by atoms with van der Waals surface area (Å²) in [6.07, 6.45) is 4.66. The van der Waals surface area contributed by atoms with Crippen LogP contribution in [0.25, 0.3) is 0 Å². The molecule has 0 heterocycles. The van der Waals surface area contributed by atoms with Gasteiger partial charge in [0.1, 0.15) is 6.61 Å². The maximum atomic E-state index is 11.3. The van der Waals surface area contributed by atoms with Gasteiger partial charge in [-0.1, -0.05) is 12.8 Å². The first kappa shape index (κ1) is 10.5. The van der Waals surface area contributed by atoms with Gasteiger partial charge >= 0.3 is 0 Å². The third-order valence-corrected chi connectivity index (χ3v) is 2.59. The fourth-order valence-corrected chi connectivity index (χ4v) is 1.85. The molecule has 1 fully saturated rings. The lowest BCUT2D eigenvalue weighted by atomic mass is 10.0. The fourth-order valence-electron chi connectivity index (χ4n) is 1.85. The molecule has 76 valence electrons. The van der Waals surface area contributed by atoms with E-state index in [4.69, 9.17) is 4.74 Å². The second-order valence-corrected chi connectivity index (χ2v) is 3.95. The van der Waals surface area contributed by atoms with Crippen LogP contribution in [0.4, 0.5) is 0 Å². The van der Waals surface area contributed by atoms with Crippen molar-refractivity contribution in [3.05, 3.63) is 0 Å². The highest BCUT2D eigenvalue weighted by Crippen LogP contribution is 2.28. The van der Waals surface area contributed by atoms with Gasteiger partial charge in [0.2, 0.25) is 5.91 Å². The molecule has 13 heavy (non-hydrogen) atoms. The van der Waals surface area contributed by atoms with Gasteiger partial charge in [-0.2, -0.15) is 0 Å². The molecule has 1 aliphatic rings. The zero-order chi connectivity index (χ0) is 9.73. The van der Waals surface area contributed by atoms with E-state index in [0.717, 1.165) is 12.8 Å². The highest BCUT2D eigenvalue weighted by atomic mass is 16.5. The standard InChI is InChI=1S/C10H19NO2/c1-3-13-8-9(12)11-10(2)6-4-5-7-10/h3-8H2,1-2H3,(H,11,12). The average Bonchev–Trinajstić information content (AvgIpc) is 2.48. The number of ether oxygens (including phenoxy) is 1. The number of hydrogen-bond acceptors (Lipinski definition) is 2. The Hall–Kier alpha value is -0.570. The summed E-state index contributed by atoms with van der Waals surface area (Å²) in [6, 6.07) is 0. The Morgan fingerprint density at radius 2 is 2.08 bits per heavy atom.